The summed E-state index contributed by atoms with van der Waals surface area (Å²) in [5.74, 6) is 0.179. The number of carbonyl (C=O) groups excluding carboxylic acids is 2. The first-order valence-corrected chi connectivity index (χ1v) is 8.70. The first kappa shape index (κ1) is 17.2. The molecule has 0 unspecified atom stereocenters. The molecule has 1 fully saturated rings. The summed E-state index contributed by atoms with van der Waals surface area (Å²) in [5, 5.41) is 0. The minimum atomic E-state index is -0.0876. The third-order valence-corrected chi connectivity index (χ3v) is 4.93. The summed E-state index contributed by atoms with van der Waals surface area (Å²) in [6.07, 6.45) is 0.399. The highest BCUT2D eigenvalue weighted by atomic mass is 16.2. The molecule has 1 aliphatic rings. The Morgan fingerprint density at radius 2 is 1.68 bits per heavy atom. The highest BCUT2D eigenvalue weighted by molar-refractivity contribution is 5.80. The quantitative estimate of drug-likeness (QED) is 0.864. The van der Waals surface area contributed by atoms with Crippen molar-refractivity contribution in [1.82, 2.24) is 9.80 Å². The molecular weight excluding hydrogens is 312 g/mol. The Labute approximate surface area is 149 Å². The van der Waals surface area contributed by atoms with Crippen LogP contribution < -0.4 is 0 Å². The van der Waals surface area contributed by atoms with E-state index in [1.807, 2.05) is 71.3 Å². The normalized spacial score (nSPS) is 17.4. The molecule has 2 aromatic carbocycles. The van der Waals surface area contributed by atoms with Crippen molar-refractivity contribution in [2.75, 3.05) is 19.6 Å². The van der Waals surface area contributed by atoms with Gasteiger partial charge in [0.05, 0.1) is 12.5 Å². The zero-order valence-corrected chi connectivity index (χ0v) is 14.8. The molecule has 0 N–H and O–H groups in total. The van der Waals surface area contributed by atoms with Gasteiger partial charge in [-0.05, 0) is 23.6 Å². The van der Waals surface area contributed by atoms with Crippen LogP contribution >= 0.6 is 0 Å². The van der Waals surface area contributed by atoms with Gasteiger partial charge in [-0.25, -0.2) is 0 Å². The van der Waals surface area contributed by atoms with Crippen LogP contribution in [0.3, 0.4) is 0 Å². The second-order valence-corrected chi connectivity index (χ2v) is 6.58. The summed E-state index contributed by atoms with van der Waals surface area (Å²) in [6.45, 7) is 5.35. The summed E-state index contributed by atoms with van der Waals surface area (Å²) in [6, 6.07) is 17.9. The van der Waals surface area contributed by atoms with Crippen LogP contribution in [-0.2, 0) is 16.0 Å². The molecule has 4 heteroatoms. The lowest BCUT2D eigenvalue weighted by molar-refractivity contribution is -0.141. The molecule has 25 heavy (non-hydrogen) atoms. The van der Waals surface area contributed by atoms with Crippen molar-refractivity contribution in [3.63, 3.8) is 0 Å². The third-order valence-electron chi connectivity index (χ3n) is 4.93. The van der Waals surface area contributed by atoms with Crippen LogP contribution in [0.1, 0.15) is 29.7 Å². The number of rotatable bonds is 3. The van der Waals surface area contributed by atoms with Gasteiger partial charge in [0, 0.05) is 26.6 Å². The van der Waals surface area contributed by atoms with Crippen molar-refractivity contribution in [2.24, 2.45) is 0 Å². The maximum Gasteiger partial charge on any atom is 0.227 e. The topological polar surface area (TPSA) is 40.6 Å². The Morgan fingerprint density at radius 1 is 1.00 bits per heavy atom. The van der Waals surface area contributed by atoms with Crippen LogP contribution in [0.25, 0.3) is 0 Å². The van der Waals surface area contributed by atoms with Gasteiger partial charge in [-0.15, -0.1) is 0 Å². The molecule has 0 saturated carbocycles. The molecule has 2 amide bonds. The van der Waals surface area contributed by atoms with Crippen LogP contribution in [0.4, 0.5) is 0 Å². The van der Waals surface area contributed by atoms with E-state index in [0.29, 0.717) is 26.1 Å². The lowest BCUT2D eigenvalue weighted by Crippen LogP contribution is -2.52. The molecule has 2 aromatic rings. The van der Waals surface area contributed by atoms with Gasteiger partial charge < -0.3 is 9.80 Å². The molecule has 0 bridgehead atoms. The van der Waals surface area contributed by atoms with Gasteiger partial charge in [0.1, 0.15) is 0 Å². The second kappa shape index (κ2) is 7.51. The molecule has 0 aromatic heterocycles. The SMILES string of the molecule is CC(=O)N1CCN(C(=O)Cc2ccccc2C)[C@H](c2ccccc2)C1. The van der Waals surface area contributed by atoms with E-state index in [4.69, 9.17) is 0 Å². The summed E-state index contributed by atoms with van der Waals surface area (Å²) in [4.78, 5) is 28.6. The number of aryl methyl sites for hydroxylation is 1. The predicted octanol–water partition coefficient (Wildman–Crippen LogP) is 2.97. The molecule has 0 radical (unpaired) electrons. The Kier molecular flexibility index (Phi) is 5.17. The minimum Gasteiger partial charge on any atom is -0.339 e. The zero-order valence-electron chi connectivity index (χ0n) is 14.8. The van der Waals surface area contributed by atoms with E-state index in [1.165, 1.54) is 0 Å². The number of benzene rings is 2. The van der Waals surface area contributed by atoms with Crippen LogP contribution in [0.15, 0.2) is 54.6 Å². The monoisotopic (exact) mass is 336 g/mol. The Hall–Kier alpha value is -2.62. The fourth-order valence-electron chi connectivity index (χ4n) is 3.40. The smallest absolute Gasteiger partial charge is 0.227 e. The molecular formula is C21H24N2O2. The predicted molar refractivity (Wildman–Crippen MR) is 98.0 cm³/mol. The molecule has 1 atom stereocenters. The van der Waals surface area contributed by atoms with E-state index in [1.54, 1.807) is 6.92 Å². The highest BCUT2D eigenvalue weighted by Crippen LogP contribution is 2.26. The first-order chi connectivity index (χ1) is 12.1. The maximum absolute atomic E-state index is 13.0. The third kappa shape index (κ3) is 3.90. The van der Waals surface area contributed by atoms with E-state index >= 15 is 0 Å². The summed E-state index contributed by atoms with van der Waals surface area (Å²) in [5.41, 5.74) is 3.27. The maximum atomic E-state index is 13.0. The van der Waals surface area contributed by atoms with Gasteiger partial charge in [-0.1, -0.05) is 54.6 Å². The lowest BCUT2D eigenvalue weighted by atomic mass is 10.00. The second-order valence-electron chi connectivity index (χ2n) is 6.58. The van der Waals surface area contributed by atoms with Crippen LogP contribution in [0, 0.1) is 6.92 Å². The lowest BCUT2D eigenvalue weighted by Gasteiger charge is -2.41. The van der Waals surface area contributed by atoms with Crippen molar-refractivity contribution >= 4 is 11.8 Å². The van der Waals surface area contributed by atoms with E-state index in [-0.39, 0.29) is 17.9 Å². The largest absolute Gasteiger partial charge is 0.339 e. The average molecular weight is 336 g/mol. The average Bonchev–Trinajstić information content (AvgIpc) is 2.63. The number of hydrogen-bond acceptors (Lipinski definition) is 2. The Morgan fingerprint density at radius 3 is 2.36 bits per heavy atom. The zero-order chi connectivity index (χ0) is 17.8. The van der Waals surface area contributed by atoms with E-state index in [9.17, 15) is 9.59 Å². The standard InChI is InChI=1S/C21H24N2O2/c1-16-8-6-7-11-19(16)14-21(25)23-13-12-22(17(2)24)15-20(23)18-9-4-3-5-10-18/h3-11,20H,12-15H2,1-2H3/t20-/m0/s1. The first-order valence-electron chi connectivity index (χ1n) is 8.70. The van der Waals surface area contributed by atoms with Gasteiger partial charge in [0.15, 0.2) is 0 Å². The fourth-order valence-corrected chi connectivity index (χ4v) is 3.40. The van der Waals surface area contributed by atoms with Crippen LogP contribution in [0.5, 0.6) is 0 Å². The number of piperazine rings is 1. The van der Waals surface area contributed by atoms with Crippen molar-refractivity contribution in [3.8, 4) is 0 Å². The van der Waals surface area contributed by atoms with E-state index < -0.39 is 0 Å². The molecule has 1 aliphatic heterocycles. The summed E-state index contributed by atoms with van der Waals surface area (Å²) >= 11 is 0. The van der Waals surface area contributed by atoms with Gasteiger partial charge in [-0.2, -0.15) is 0 Å². The minimum absolute atomic E-state index is 0.0620. The van der Waals surface area contributed by atoms with Crippen molar-refractivity contribution < 1.29 is 9.59 Å². The van der Waals surface area contributed by atoms with Crippen molar-refractivity contribution in [1.29, 1.82) is 0 Å². The molecule has 0 aliphatic carbocycles. The highest BCUT2D eigenvalue weighted by Gasteiger charge is 2.32. The molecule has 4 nitrogen and oxygen atoms in total. The fraction of sp³-hybridized carbons (Fsp3) is 0.333. The van der Waals surface area contributed by atoms with E-state index in [2.05, 4.69) is 0 Å². The van der Waals surface area contributed by atoms with Crippen molar-refractivity contribution in [3.05, 3.63) is 71.3 Å². The van der Waals surface area contributed by atoms with Gasteiger partial charge in [-0.3, -0.25) is 9.59 Å². The number of hydrogen-bond donors (Lipinski definition) is 0. The van der Waals surface area contributed by atoms with Crippen LogP contribution in [-0.4, -0.2) is 41.2 Å². The number of nitrogens with zero attached hydrogens (tertiary/aromatic N) is 2. The summed E-state index contributed by atoms with van der Waals surface area (Å²) < 4.78 is 0. The van der Waals surface area contributed by atoms with E-state index in [0.717, 1.165) is 16.7 Å². The molecule has 3 rings (SSSR count). The van der Waals surface area contributed by atoms with Crippen LogP contribution in [0.2, 0.25) is 0 Å². The van der Waals surface area contributed by atoms with Gasteiger partial charge in [0.25, 0.3) is 0 Å². The molecule has 130 valence electrons. The Balaban J connectivity index is 1.83. The van der Waals surface area contributed by atoms with Gasteiger partial charge in [0.2, 0.25) is 11.8 Å². The van der Waals surface area contributed by atoms with Crippen molar-refractivity contribution in [2.45, 2.75) is 26.3 Å². The summed E-state index contributed by atoms with van der Waals surface area (Å²) in [7, 11) is 0. The molecule has 1 heterocycles. The molecule has 0 spiro atoms. The number of amides is 2. The Bertz CT molecular complexity index is 758. The molecule has 1 saturated heterocycles. The van der Waals surface area contributed by atoms with Gasteiger partial charge >= 0.3 is 0 Å². The number of carbonyl (C=O) groups is 2.